The molecule has 0 aromatic carbocycles. The molecule has 23 heavy (non-hydrogen) atoms. The van der Waals surface area contributed by atoms with Crippen LogP contribution in [0.25, 0.3) is 0 Å². The molecule has 0 bridgehead atoms. The molecule has 0 rings (SSSR count). The van der Waals surface area contributed by atoms with Gasteiger partial charge in [-0.1, -0.05) is 34.1 Å². The van der Waals surface area contributed by atoms with Crippen molar-refractivity contribution in [3.63, 3.8) is 0 Å². The summed E-state index contributed by atoms with van der Waals surface area (Å²) in [4.78, 5) is 7.44. The van der Waals surface area contributed by atoms with E-state index in [0.717, 1.165) is 26.2 Å². The third-order valence-corrected chi connectivity index (χ3v) is 6.70. The van der Waals surface area contributed by atoms with Crippen LogP contribution in [0.1, 0.15) is 40.5 Å². The van der Waals surface area contributed by atoms with Gasteiger partial charge in [-0.05, 0) is 53.2 Å². The average Bonchev–Trinajstić information content (AvgIpc) is 2.54. The summed E-state index contributed by atoms with van der Waals surface area (Å²) in [5.74, 6) is 0. The highest BCUT2D eigenvalue weighted by Gasteiger charge is 2.33. The number of rotatable bonds is 15. The minimum Gasteiger partial charge on any atom is -0.424 e. The summed E-state index contributed by atoms with van der Waals surface area (Å²) in [6.45, 7) is 16.8. The Morgan fingerprint density at radius 3 is 1.57 bits per heavy atom. The van der Waals surface area contributed by atoms with Crippen molar-refractivity contribution in [1.29, 1.82) is 0 Å². The summed E-state index contributed by atoms with van der Waals surface area (Å²) in [5.41, 5.74) is 0.332. The van der Waals surface area contributed by atoms with Crippen LogP contribution in [0, 0.1) is 5.41 Å². The van der Waals surface area contributed by atoms with Crippen molar-refractivity contribution in [2.24, 2.45) is 5.41 Å². The number of unbranched alkanes of at least 4 members (excludes halogenated alkanes) is 1. The van der Waals surface area contributed by atoms with Crippen LogP contribution in [0.15, 0.2) is 0 Å². The van der Waals surface area contributed by atoms with Gasteiger partial charge in [0.25, 0.3) is 0 Å². The first-order valence-corrected chi connectivity index (χ1v) is 11.1. The van der Waals surface area contributed by atoms with Crippen LogP contribution in [0.2, 0.25) is 6.04 Å². The zero-order valence-electron chi connectivity index (χ0n) is 17.0. The van der Waals surface area contributed by atoms with Gasteiger partial charge in [0.05, 0.1) is 0 Å². The third kappa shape index (κ3) is 10.5. The maximum Gasteiger partial charge on any atom is 0.162 e. The molecule has 0 aromatic rings. The smallest absolute Gasteiger partial charge is 0.162 e. The quantitative estimate of drug-likeness (QED) is 0.334. The molecule has 0 unspecified atom stereocenters. The fraction of sp³-hybridized carbons (Fsp3) is 1.00. The van der Waals surface area contributed by atoms with E-state index in [0.29, 0.717) is 5.41 Å². The van der Waals surface area contributed by atoms with Gasteiger partial charge in [0, 0.05) is 31.7 Å². The molecule has 0 fully saturated rings. The van der Waals surface area contributed by atoms with Crippen molar-refractivity contribution < 1.29 is 4.43 Å². The molecule has 0 amide bonds. The molecule has 0 saturated carbocycles. The maximum absolute atomic E-state index is 6.06. The average molecular weight is 346 g/mol. The van der Waals surface area contributed by atoms with Crippen molar-refractivity contribution >= 4 is 9.76 Å². The van der Waals surface area contributed by atoms with Crippen LogP contribution in [0.3, 0.4) is 0 Å². The summed E-state index contributed by atoms with van der Waals surface area (Å²) in [6, 6.07) is 1.27. The van der Waals surface area contributed by atoms with Gasteiger partial charge in [0.2, 0.25) is 0 Å². The zero-order chi connectivity index (χ0) is 17.7. The Labute approximate surface area is 148 Å². The SMILES string of the molecule is CCCCO[SiH2]CC(CN(C)CC)(CN(C)CC)CN(C)CC. The van der Waals surface area contributed by atoms with E-state index in [1.165, 1.54) is 38.5 Å². The largest absolute Gasteiger partial charge is 0.424 e. The Morgan fingerprint density at radius 1 is 0.783 bits per heavy atom. The molecule has 0 spiro atoms. The van der Waals surface area contributed by atoms with Crippen LogP contribution in [0.5, 0.6) is 0 Å². The Bertz CT molecular complexity index is 248. The fourth-order valence-corrected chi connectivity index (χ4v) is 4.54. The summed E-state index contributed by atoms with van der Waals surface area (Å²) in [7, 11) is 6.32. The van der Waals surface area contributed by atoms with Gasteiger partial charge in [-0.2, -0.15) is 0 Å². The van der Waals surface area contributed by atoms with Crippen molar-refractivity contribution in [1.82, 2.24) is 14.7 Å². The van der Waals surface area contributed by atoms with E-state index in [1.54, 1.807) is 0 Å². The molecular formula is C18H43N3OSi. The van der Waals surface area contributed by atoms with Gasteiger partial charge in [-0.25, -0.2) is 0 Å². The zero-order valence-corrected chi connectivity index (χ0v) is 18.4. The fourth-order valence-electron chi connectivity index (χ4n) is 3.08. The molecule has 0 N–H and O–H groups in total. The topological polar surface area (TPSA) is 19.0 Å². The Hall–Kier alpha value is 0.0569. The lowest BCUT2D eigenvalue weighted by Crippen LogP contribution is -2.50. The van der Waals surface area contributed by atoms with Crippen LogP contribution < -0.4 is 0 Å². The van der Waals surface area contributed by atoms with Gasteiger partial charge in [0.1, 0.15) is 0 Å². The molecule has 0 aliphatic heterocycles. The Balaban J connectivity index is 4.94. The standard InChI is InChI=1S/C18H43N3OSi/c1-8-12-13-22-23-17-18(14-19(5)9-2,15-20(6)10-3)16-21(7)11-4/h8-17,23H2,1-7H3. The Morgan fingerprint density at radius 2 is 1.22 bits per heavy atom. The highest BCUT2D eigenvalue weighted by atomic mass is 28.2. The van der Waals surface area contributed by atoms with Crippen LogP contribution >= 0.6 is 0 Å². The second-order valence-corrected chi connectivity index (χ2v) is 8.52. The van der Waals surface area contributed by atoms with E-state index in [-0.39, 0.29) is 0 Å². The van der Waals surface area contributed by atoms with E-state index in [4.69, 9.17) is 4.43 Å². The van der Waals surface area contributed by atoms with Gasteiger partial charge in [-0.15, -0.1) is 0 Å². The van der Waals surface area contributed by atoms with Gasteiger partial charge in [-0.3, -0.25) is 0 Å². The molecule has 5 heteroatoms. The minimum atomic E-state index is -0.445. The molecule has 0 aromatic heterocycles. The first kappa shape index (κ1) is 23.1. The molecule has 0 heterocycles. The molecule has 0 saturated heterocycles. The molecule has 140 valence electrons. The lowest BCUT2D eigenvalue weighted by atomic mass is 9.88. The van der Waals surface area contributed by atoms with Crippen LogP contribution in [0.4, 0.5) is 0 Å². The second-order valence-electron chi connectivity index (χ2n) is 7.21. The first-order valence-electron chi connectivity index (χ1n) is 9.56. The van der Waals surface area contributed by atoms with Crippen molar-refractivity contribution in [2.75, 3.05) is 67.0 Å². The molecule has 0 aliphatic carbocycles. The predicted molar refractivity (Wildman–Crippen MR) is 106 cm³/mol. The minimum absolute atomic E-state index is 0.332. The number of hydrogen-bond donors (Lipinski definition) is 0. The number of hydrogen-bond acceptors (Lipinski definition) is 4. The maximum atomic E-state index is 6.06. The second kappa shape index (κ2) is 13.4. The van der Waals surface area contributed by atoms with Crippen LogP contribution in [-0.2, 0) is 4.43 Å². The summed E-state index contributed by atoms with van der Waals surface area (Å²) >= 11 is 0. The molecule has 0 radical (unpaired) electrons. The third-order valence-electron chi connectivity index (χ3n) is 4.85. The van der Waals surface area contributed by atoms with Crippen molar-refractivity contribution in [3.8, 4) is 0 Å². The van der Waals surface area contributed by atoms with Crippen molar-refractivity contribution in [3.05, 3.63) is 0 Å². The lowest BCUT2D eigenvalue weighted by molar-refractivity contribution is 0.0968. The van der Waals surface area contributed by atoms with Gasteiger partial charge in [0.15, 0.2) is 9.76 Å². The summed E-state index contributed by atoms with van der Waals surface area (Å²) in [5, 5.41) is 0. The highest BCUT2D eigenvalue weighted by molar-refractivity contribution is 6.27. The molecule has 4 nitrogen and oxygen atoms in total. The molecular weight excluding hydrogens is 302 g/mol. The van der Waals surface area contributed by atoms with E-state index >= 15 is 0 Å². The van der Waals surface area contributed by atoms with E-state index in [9.17, 15) is 0 Å². The molecule has 0 atom stereocenters. The predicted octanol–water partition coefficient (Wildman–Crippen LogP) is 2.15. The lowest BCUT2D eigenvalue weighted by Gasteiger charge is -2.42. The molecule has 0 aliphatic rings. The normalized spacial score (nSPS) is 13.3. The van der Waals surface area contributed by atoms with Crippen molar-refractivity contribution in [2.45, 2.75) is 46.6 Å². The summed E-state index contributed by atoms with van der Waals surface area (Å²) < 4.78 is 6.06. The van der Waals surface area contributed by atoms with Crippen LogP contribution in [-0.4, -0.2) is 91.5 Å². The Kier molecular flexibility index (Phi) is 13.4. The summed E-state index contributed by atoms with van der Waals surface area (Å²) in [6.07, 6.45) is 2.44. The van der Waals surface area contributed by atoms with Gasteiger partial charge >= 0.3 is 0 Å². The first-order chi connectivity index (χ1) is 10.9. The van der Waals surface area contributed by atoms with E-state index in [2.05, 4.69) is 63.5 Å². The van der Waals surface area contributed by atoms with Gasteiger partial charge < -0.3 is 19.1 Å². The monoisotopic (exact) mass is 345 g/mol. The van der Waals surface area contributed by atoms with E-state index in [1.807, 2.05) is 0 Å². The van der Waals surface area contributed by atoms with E-state index < -0.39 is 9.76 Å². The highest BCUT2D eigenvalue weighted by Crippen LogP contribution is 2.27. The number of nitrogens with zero attached hydrogens (tertiary/aromatic N) is 3.